The lowest BCUT2D eigenvalue weighted by atomic mass is 10.1. The molecule has 0 spiro atoms. The Morgan fingerprint density at radius 2 is 2.29 bits per heavy atom. The zero-order valence-corrected chi connectivity index (χ0v) is 13.8. The number of benzene rings is 1. The Bertz CT molecular complexity index is 644. The summed E-state index contributed by atoms with van der Waals surface area (Å²) in [4.78, 5) is 14.5. The van der Waals surface area contributed by atoms with Crippen LogP contribution in [0.1, 0.15) is 30.0 Å². The summed E-state index contributed by atoms with van der Waals surface area (Å²) in [7, 11) is 0. The predicted molar refractivity (Wildman–Crippen MR) is 85.8 cm³/mol. The number of hydrogen-bond donors (Lipinski definition) is 0. The Morgan fingerprint density at radius 1 is 1.43 bits per heavy atom. The molecule has 2 aromatic rings. The third kappa shape index (κ3) is 3.19. The lowest BCUT2D eigenvalue weighted by Crippen LogP contribution is -2.31. The molecule has 1 fully saturated rings. The number of halogens is 2. The molecule has 1 aromatic carbocycles. The fraction of sp³-hybridized carbons (Fsp3) is 0.312. The topological polar surface area (TPSA) is 20.3 Å². The minimum atomic E-state index is -0.302. The lowest BCUT2D eigenvalue weighted by Gasteiger charge is -2.24. The number of carbonyl (C=O) groups is 1. The van der Waals surface area contributed by atoms with Crippen LogP contribution in [0.5, 0.6) is 0 Å². The van der Waals surface area contributed by atoms with Crippen LogP contribution in [0.25, 0.3) is 0 Å². The van der Waals surface area contributed by atoms with Crippen molar-refractivity contribution in [2.75, 3.05) is 6.54 Å². The van der Waals surface area contributed by atoms with E-state index in [1.54, 1.807) is 23.5 Å². The molecule has 2 nitrogen and oxygen atoms in total. The van der Waals surface area contributed by atoms with Crippen LogP contribution in [0.15, 0.2) is 39.5 Å². The van der Waals surface area contributed by atoms with Crippen molar-refractivity contribution in [1.82, 2.24) is 4.90 Å². The van der Waals surface area contributed by atoms with Crippen LogP contribution in [0.4, 0.5) is 4.39 Å². The summed E-state index contributed by atoms with van der Waals surface area (Å²) >= 11 is 4.83. The second kappa shape index (κ2) is 6.28. The van der Waals surface area contributed by atoms with Gasteiger partial charge in [-0.15, -0.1) is 0 Å². The normalized spacial score (nSPS) is 18.2. The van der Waals surface area contributed by atoms with E-state index in [2.05, 4.69) is 27.4 Å². The minimum absolute atomic E-state index is 0.113. The molecule has 3 rings (SSSR count). The number of hydrogen-bond acceptors (Lipinski definition) is 2. The van der Waals surface area contributed by atoms with Crippen molar-refractivity contribution in [3.63, 3.8) is 0 Å². The Labute approximate surface area is 135 Å². The van der Waals surface area contributed by atoms with Crippen LogP contribution >= 0.6 is 27.3 Å². The summed E-state index contributed by atoms with van der Waals surface area (Å²) in [6.07, 6.45) is 2.38. The molecule has 1 saturated heterocycles. The van der Waals surface area contributed by atoms with E-state index in [4.69, 9.17) is 0 Å². The highest BCUT2D eigenvalue weighted by Gasteiger charge is 2.29. The highest BCUT2D eigenvalue weighted by atomic mass is 79.9. The van der Waals surface area contributed by atoms with Crippen molar-refractivity contribution in [2.24, 2.45) is 0 Å². The molecule has 21 heavy (non-hydrogen) atoms. The fourth-order valence-electron chi connectivity index (χ4n) is 2.80. The average molecular weight is 368 g/mol. The summed E-state index contributed by atoms with van der Waals surface area (Å²) < 4.78 is 13.7. The number of rotatable bonds is 3. The summed E-state index contributed by atoms with van der Waals surface area (Å²) in [6.45, 7) is 0.807. The number of thiophene rings is 1. The van der Waals surface area contributed by atoms with Crippen LogP contribution < -0.4 is 0 Å². The monoisotopic (exact) mass is 367 g/mol. The van der Waals surface area contributed by atoms with Gasteiger partial charge in [0.2, 0.25) is 5.91 Å². The van der Waals surface area contributed by atoms with Gasteiger partial charge in [0.25, 0.3) is 0 Å². The molecular weight excluding hydrogens is 353 g/mol. The van der Waals surface area contributed by atoms with E-state index >= 15 is 0 Å². The Morgan fingerprint density at radius 3 is 3.00 bits per heavy atom. The SMILES string of the molecule is O=C(Cc1ccc(F)c(Br)c1)N1CCCC1c1ccsc1. The van der Waals surface area contributed by atoms with Crippen LogP contribution in [0, 0.1) is 5.82 Å². The van der Waals surface area contributed by atoms with Crippen LogP contribution in [0.2, 0.25) is 0 Å². The number of nitrogens with zero attached hydrogens (tertiary/aromatic N) is 1. The number of amides is 1. The first kappa shape index (κ1) is 14.7. The van der Waals surface area contributed by atoms with Gasteiger partial charge in [-0.3, -0.25) is 4.79 Å². The predicted octanol–water partition coefficient (Wildman–Crippen LogP) is 4.56. The van der Waals surface area contributed by atoms with Crippen molar-refractivity contribution in [2.45, 2.75) is 25.3 Å². The average Bonchev–Trinajstić information content (AvgIpc) is 3.12. The molecule has 110 valence electrons. The molecule has 1 aromatic heterocycles. The maximum absolute atomic E-state index is 13.2. The van der Waals surface area contributed by atoms with Crippen molar-refractivity contribution in [1.29, 1.82) is 0 Å². The minimum Gasteiger partial charge on any atom is -0.335 e. The van der Waals surface area contributed by atoms with E-state index in [0.717, 1.165) is 24.9 Å². The van der Waals surface area contributed by atoms with Gasteiger partial charge in [0.1, 0.15) is 5.82 Å². The first-order chi connectivity index (χ1) is 10.1. The number of carbonyl (C=O) groups excluding carboxylic acids is 1. The maximum atomic E-state index is 13.2. The molecule has 1 aliphatic heterocycles. The largest absolute Gasteiger partial charge is 0.335 e. The van der Waals surface area contributed by atoms with Gasteiger partial charge in [0.05, 0.1) is 16.9 Å². The van der Waals surface area contributed by atoms with Gasteiger partial charge in [-0.2, -0.15) is 11.3 Å². The van der Waals surface area contributed by atoms with Crippen molar-refractivity contribution in [3.05, 3.63) is 56.4 Å². The van der Waals surface area contributed by atoms with Crippen LogP contribution in [-0.4, -0.2) is 17.4 Å². The van der Waals surface area contributed by atoms with Gasteiger partial charge in [0.15, 0.2) is 0 Å². The van der Waals surface area contributed by atoms with Gasteiger partial charge >= 0.3 is 0 Å². The molecule has 0 saturated carbocycles. The molecule has 0 radical (unpaired) electrons. The molecule has 1 atom stereocenters. The number of likely N-dealkylation sites (tertiary alicyclic amines) is 1. The molecule has 2 heterocycles. The highest BCUT2D eigenvalue weighted by molar-refractivity contribution is 9.10. The Hall–Kier alpha value is -1.20. The van der Waals surface area contributed by atoms with Gasteiger partial charge in [0, 0.05) is 6.54 Å². The van der Waals surface area contributed by atoms with E-state index in [-0.39, 0.29) is 17.8 Å². The fourth-order valence-corrected chi connectivity index (χ4v) is 3.94. The summed E-state index contributed by atoms with van der Waals surface area (Å²) in [5, 5.41) is 4.16. The molecule has 5 heteroatoms. The van der Waals surface area contributed by atoms with Gasteiger partial charge in [-0.1, -0.05) is 6.07 Å². The van der Waals surface area contributed by atoms with E-state index in [1.165, 1.54) is 11.6 Å². The molecule has 1 aliphatic rings. The van der Waals surface area contributed by atoms with E-state index in [9.17, 15) is 9.18 Å². The van der Waals surface area contributed by atoms with Crippen molar-refractivity contribution < 1.29 is 9.18 Å². The van der Waals surface area contributed by atoms with E-state index in [0.29, 0.717) is 10.9 Å². The molecule has 1 unspecified atom stereocenters. The van der Waals surface area contributed by atoms with Crippen molar-refractivity contribution >= 4 is 33.2 Å². The molecule has 0 bridgehead atoms. The van der Waals surface area contributed by atoms with E-state index < -0.39 is 0 Å². The Balaban J connectivity index is 1.73. The zero-order valence-electron chi connectivity index (χ0n) is 11.4. The first-order valence-electron chi connectivity index (χ1n) is 6.90. The maximum Gasteiger partial charge on any atom is 0.227 e. The molecule has 1 amide bonds. The van der Waals surface area contributed by atoms with Gasteiger partial charge in [-0.25, -0.2) is 4.39 Å². The smallest absolute Gasteiger partial charge is 0.227 e. The first-order valence-corrected chi connectivity index (χ1v) is 8.64. The quantitative estimate of drug-likeness (QED) is 0.778. The molecule has 0 aliphatic carbocycles. The third-order valence-electron chi connectivity index (χ3n) is 3.84. The summed E-state index contributed by atoms with van der Waals surface area (Å²) in [5.41, 5.74) is 2.07. The van der Waals surface area contributed by atoms with Gasteiger partial charge < -0.3 is 4.90 Å². The third-order valence-corrected chi connectivity index (χ3v) is 5.15. The molecule has 0 N–H and O–H groups in total. The van der Waals surface area contributed by atoms with E-state index in [1.807, 2.05) is 10.3 Å². The van der Waals surface area contributed by atoms with Gasteiger partial charge in [-0.05, 0) is 68.9 Å². The summed E-state index contributed by atoms with van der Waals surface area (Å²) in [6, 6.07) is 7.05. The Kier molecular flexibility index (Phi) is 4.40. The second-order valence-electron chi connectivity index (χ2n) is 5.23. The standard InChI is InChI=1S/C16H15BrFNOS/c17-13-8-11(3-4-14(13)18)9-16(20)19-6-1-2-15(19)12-5-7-21-10-12/h3-5,7-8,10,15H,1-2,6,9H2. The summed E-state index contributed by atoms with van der Waals surface area (Å²) in [5.74, 6) is -0.189. The zero-order chi connectivity index (χ0) is 14.8. The van der Waals surface area contributed by atoms with Crippen LogP contribution in [-0.2, 0) is 11.2 Å². The van der Waals surface area contributed by atoms with Crippen molar-refractivity contribution in [3.8, 4) is 0 Å². The van der Waals surface area contributed by atoms with Crippen LogP contribution in [0.3, 0.4) is 0 Å². The second-order valence-corrected chi connectivity index (χ2v) is 6.86. The molecular formula is C16H15BrFNOS. The highest BCUT2D eigenvalue weighted by Crippen LogP contribution is 2.33. The lowest BCUT2D eigenvalue weighted by molar-refractivity contribution is -0.131.